The molecule has 1 aliphatic heterocycles. The molecule has 0 aromatic carbocycles. The van der Waals surface area contributed by atoms with Crippen molar-refractivity contribution in [1.29, 1.82) is 5.26 Å². The molecule has 3 rings (SSSR count). The van der Waals surface area contributed by atoms with E-state index in [-0.39, 0.29) is 12.1 Å². The minimum atomic E-state index is -0.00287. The highest BCUT2D eigenvalue weighted by atomic mass is 16.5. The van der Waals surface area contributed by atoms with Gasteiger partial charge in [0.15, 0.2) is 0 Å². The van der Waals surface area contributed by atoms with E-state index in [9.17, 15) is 0 Å². The first-order chi connectivity index (χ1) is 11.6. The van der Waals surface area contributed by atoms with Crippen LogP contribution in [0.25, 0.3) is 0 Å². The number of aromatic nitrogens is 3. The molecule has 0 bridgehead atoms. The number of aryl methyl sites for hydroxylation is 2. The van der Waals surface area contributed by atoms with Gasteiger partial charge >= 0.3 is 0 Å². The molecule has 1 N–H and O–H groups in total. The van der Waals surface area contributed by atoms with E-state index >= 15 is 0 Å². The lowest BCUT2D eigenvalue weighted by molar-refractivity contribution is -0.0581. The Morgan fingerprint density at radius 3 is 2.88 bits per heavy atom. The third kappa shape index (κ3) is 3.25. The monoisotopic (exact) mass is 326 g/mol. The van der Waals surface area contributed by atoms with Crippen LogP contribution in [0, 0.1) is 18.3 Å². The Labute approximate surface area is 141 Å². The maximum Gasteiger partial charge on any atom is 0.126 e. The van der Waals surface area contributed by atoms with Crippen molar-refractivity contribution < 1.29 is 4.74 Å². The molecule has 0 radical (unpaired) electrons. The van der Waals surface area contributed by atoms with E-state index < -0.39 is 0 Å². The van der Waals surface area contributed by atoms with Gasteiger partial charge in [-0.15, -0.1) is 0 Å². The number of rotatable bonds is 4. The van der Waals surface area contributed by atoms with Crippen LogP contribution in [-0.4, -0.2) is 52.5 Å². The lowest BCUT2D eigenvalue weighted by Crippen LogP contribution is -2.46. The van der Waals surface area contributed by atoms with Crippen molar-refractivity contribution in [3.8, 4) is 6.07 Å². The van der Waals surface area contributed by atoms with Gasteiger partial charge in [-0.25, -0.2) is 4.98 Å². The fourth-order valence-electron chi connectivity index (χ4n) is 3.11. The van der Waals surface area contributed by atoms with E-state index in [4.69, 9.17) is 10.00 Å². The van der Waals surface area contributed by atoms with E-state index in [1.807, 2.05) is 37.0 Å². The van der Waals surface area contributed by atoms with Crippen molar-refractivity contribution in [2.24, 2.45) is 7.05 Å². The lowest BCUT2D eigenvalue weighted by Gasteiger charge is -2.39. The summed E-state index contributed by atoms with van der Waals surface area (Å²) in [5.74, 6) is 0.757. The molecule has 0 aliphatic carbocycles. The highest BCUT2D eigenvalue weighted by Crippen LogP contribution is 2.28. The predicted molar refractivity (Wildman–Crippen MR) is 90.5 cm³/mol. The van der Waals surface area contributed by atoms with Crippen LogP contribution in [0.2, 0.25) is 0 Å². The minimum Gasteiger partial charge on any atom is -0.373 e. The maximum absolute atomic E-state index is 8.99. The fourth-order valence-corrected chi connectivity index (χ4v) is 3.11. The molecule has 2 aromatic heterocycles. The van der Waals surface area contributed by atoms with Gasteiger partial charge in [-0.2, -0.15) is 10.4 Å². The summed E-state index contributed by atoms with van der Waals surface area (Å²) in [4.78, 5) is 6.73. The summed E-state index contributed by atoms with van der Waals surface area (Å²) in [6, 6.07) is 7.93. The highest BCUT2D eigenvalue weighted by Gasteiger charge is 2.33. The first-order valence-corrected chi connectivity index (χ1v) is 8.01. The number of nitriles is 1. The smallest absolute Gasteiger partial charge is 0.126 e. The van der Waals surface area contributed by atoms with Crippen LogP contribution in [-0.2, 0) is 11.8 Å². The molecule has 126 valence electrons. The van der Waals surface area contributed by atoms with Crippen molar-refractivity contribution >= 4 is 5.82 Å². The van der Waals surface area contributed by atoms with E-state index in [1.54, 1.807) is 6.07 Å². The first kappa shape index (κ1) is 16.4. The zero-order chi connectivity index (χ0) is 17.1. The van der Waals surface area contributed by atoms with Crippen molar-refractivity contribution in [2.75, 3.05) is 32.1 Å². The molecule has 0 amide bonds. The minimum absolute atomic E-state index is 0.00287. The van der Waals surface area contributed by atoms with Crippen LogP contribution in [0.15, 0.2) is 24.4 Å². The quantitative estimate of drug-likeness (QED) is 0.917. The Hall–Kier alpha value is -2.43. The summed E-state index contributed by atoms with van der Waals surface area (Å²) < 4.78 is 7.91. The van der Waals surface area contributed by atoms with Gasteiger partial charge in [-0.1, -0.05) is 0 Å². The van der Waals surface area contributed by atoms with Gasteiger partial charge in [0.1, 0.15) is 11.9 Å². The van der Waals surface area contributed by atoms with Crippen LogP contribution in [0.3, 0.4) is 0 Å². The van der Waals surface area contributed by atoms with Crippen molar-refractivity contribution in [3.63, 3.8) is 0 Å². The zero-order valence-electron chi connectivity index (χ0n) is 14.2. The van der Waals surface area contributed by atoms with Gasteiger partial charge < -0.3 is 10.1 Å². The Morgan fingerprint density at radius 2 is 2.21 bits per heavy atom. The first-order valence-electron chi connectivity index (χ1n) is 8.01. The SMILES string of the molecule is Cc1nc(NC[C@@H]2OCCN(C)[C@H]2c2ccnn2C)ccc1C#N. The van der Waals surface area contributed by atoms with E-state index in [2.05, 4.69) is 33.4 Å². The number of morpholine rings is 1. The largest absolute Gasteiger partial charge is 0.373 e. The van der Waals surface area contributed by atoms with Crippen LogP contribution >= 0.6 is 0 Å². The molecule has 0 spiro atoms. The van der Waals surface area contributed by atoms with Crippen molar-refractivity contribution in [3.05, 3.63) is 41.3 Å². The molecular formula is C17H22N6O. The third-order valence-electron chi connectivity index (χ3n) is 4.46. The van der Waals surface area contributed by atoms with Crippen LogP contribution in [0.5, 0.6) is 0 Å². The van der Waals surface area contributed by atoms with Crippen molar-refractivity contribution in [1.82, 2.24) is 19.7 Å². The van der Waals surface area contributed by atoms with Crippen LogP contribution in [0.1, 0.15) is 23.0 Å². The number of ether oxygens (including phenoxy) is 1. The molecular weight excluding hydrogens is 304 g/mol. The van der Waals surface area contributed by atoms with Gasteiger partial charge in [0.2, 0.25) is 0 Å². The average Bonchev–Trinajstić information content (AvgIpc) is 2.99. The summed E-state index contributed by atoms with van der Waals surface area (Å²) in [5, 5.41) is 16.6. The molecule has 7 nitrogen and oxygen atoms in total. The second kappa shape index (κ2) is 6.99. The Balaban J connectivity index is 1.74. The predicted octanol–water partition coefficient (Wildman–Crippen LogP) is 1.48. The molecule has 1 saturated heterocycles. The average molecular weight is 326 g/mol. The van der Waals surface area contributed by atoms with E-state index in [1.165, 1.54) is 0 Å². The van der Waals surface area contributed by atoms with Crippen LogP contribution < -0.4 is 5.32 Å². The molecule has 2 aromatic rings. The molecule has 7 heteroatoms. The summed E-state index contributed by atoms with van der Waals surface area (Å²) in [7, 11) is 4.06. The normalized spacial score (nSPS) is 21.4. The number of nitrogens with zero attached hydrogens (tertiary/aromatic N) is 5. The van der Waals surface area contributed by atoms with Gasteiger partial charge in [0.25, 0.3) is 0 Å². The number of hydrogen-bond donors (Lipinski definition) is 1. The Kier molecular flexibility index (Phi) is 4.79. The van der Waals surface area contributed by atoms with Crippen molar-refractivity contribution in [2.45, 2.75) is 19.1 Å². The molecule has 1 aliphatic rings. The summed E-state index contributed by atoms with van der Waals surface area (Å²) >= 11 is 0. The Morgan fingerprint density at radius 1 is 1.38 bits per heavy atom. The summed E-state index contributed by atoms with van der Waals surface area (Å²) in [5.41, 5.74) is 2.46. The lowest BCUT2D eigenvalue weighted by atomic mass is 10.0. The molecule has 0 unspecified atom stereocenters. The summed E-state index contributed by atoms with van der Waals surface area (Å²) in [6.45, 7) is 4.07. The molecule has 0 saturated carbocycles. The molecule has 1 fully saturated rings. The molecule has 3 heterocycles. The Bertz CT molecular complexity index is 750. The van der Waals surface area contributed by atoms with Crippen LogP contribution in [0.4, 0.5) is 5.82 Å². The topological polar surface area (TPSA) is 79.0 Å². The van der Waals surface area contributed by atoms with Gasteiger partial charge in [0.05, 0.1) is 35.7 Å². The molecule has 24 heavy (non-hydrogen) atoms. The van der Waals surface area contributed by atoms with Gasteiger partial charge in [-0.05, 0) is 32.2 Å². The third-order valence-corrected chi connectivity index (χ3v) is 4.46. The number of hydrogen-bond acceptors (Lipinski definition) is 6. The second-order valence-electron chi connectivity index (χ2n) is 6.04. The number of likely N-dealkylation sites (N-methyl/N-ethyl adjacent to an activating group) is 1. The number of nitrogens with one attached hydrogen (secondary N) is 1. The molecule has 2 atom stereocenters. The van der Waals surface area contributed by atoms with Gasteiger partial charge in [0, 0.05) is 26.3 Å². The standard InChI is InChI=1S/C17H22N6O/c1-12-13(10-18)4-5-16(21-12)19-11-15-17(22(2)8-9-24-15)14-6-7-20-23(14)3/h4-7,15,17H,8-9,11H2,1-3H3,(H,19,21)/t15-,17-/m0/s1. The van der Waals surface area contributed by atoms with Gasteiger partial charge in [-0.3, -0.25) is 9.58 Å². The zero-order valence-corrected chi connectivity index (χ0v) is 14.2. The maximum atomic E-state index is 8.99. The van der Waals surface area contributed by atoms with E-state index in [0.717, 1.165) is 23.8 Å². The number of anilines is 1. The second-order valence-corrected chi connectivity index (χ2v) is 6.04. The fraction of sp³-hybridized carbons (Fsp3) is 0.471. The summed E-state index contributed by atoms with van der Waals surface area (Å²) in [6.07, 6.45) is 1.81. The van der Waals surface area contributed by atoms with E-state index in [0.29, 0.717) is 18.7 Å². The highest BCUT2D eigenvalue weighted by molar-refractivity contribution is 5.43. The number of pyridine rings is 1.